The summed E-state index contributed by atoms with van der Waals surface area (Å²) in [6.07, 6.45) is -0.466. The van der Waals surface area contributed by atoms with E-state index in [4.69, 9.17) is 30.6 Å². The van der Waals surface area contributed by atoms with Crippen molar-refractivity contribution in [2.24, 2.45) is 0 Å². The van der Waals surface area contributed by atoms with Crippen molar-refractivity contribution in [2.75, 3.05) is 13.2 Å². The first-order valence-corrected chi connectivity index (χ1v) is 8.51. The molecule has 2 aromatic carbocycles. The van der Waals surface area contributed by atoms with E-state index in [2.05, 4.69) is 0 Å². The number of para-hydroxylation sites is 1. The Hall–Kier alpha value is -2.57. The summed E-state index contributed by atoms with van der Waals surface area (Å²) in [5, 5.41) is 10.1. The summed E-state index contributed by atoms with van der Waals surface area (Å²) in [7, 11) is 0. The molecule has 1 aromatic heterocycles. The second-order valence-corrected chi connectivity index (χ2v) is 6.07. The number of halogens is 1. The number of carboxylic acids is 1. The van der Waals surface area contributed by atoms with Crippen molar-refractivity contribution in [3.8, 4) is 5.75 Å². The van der Waals surface area contributed by atoms with E-state index < -0.39 is 12.1 Å². The minimum absolute atomic E-state index is 0.135. The van der Waals surface area contributed by atoms with Crippen LogP contribution in [0.4, 0.5) is 0 Å². The van der Waals surface area contributed by atoms with Gasteiger partial charge in [-0.1, -0.05) is 24.6 Å². The number of hydrogen-bond acceptors (Lipinski definition) is 5. The molecule has 0 amide bonds. The molecule has 1 unspecified atom stereocenters. The van der Waals surface area contributed by atoms with E-state index in [1.807, 2.05) is 0 Å². The first-order chi connectivity index (χ1) is 12.5. The third-order valence-electron chi connectivity index (χ3n) is 3.94. The maximum atomic E-state index is 12.5. The Morgan fingerprint density at radius 2 is 2.04 bits per heavy atom. The van der Waals surface area contributed by atoms with Crippen molar-refractivity contribution in [1.82, 2.24) is 0 Å². The number of hydrogen-bond donors (Lipinski definition) is 1. The maximum absolute atomic E-state index is 12.5. The van der Waals surface area contributed by atoms with Gasteiger partial charge in [-0.15, -0.1) is 0 Å². The zero-order valence-electron chi connectivity index (χ0n) is 14.0. The summed E-state index contributed by atoms with van der Waals surface area (Å²) in [5.41, 5.74) is 0.538. The Bertz CT molecular complexity index is 1010. The molecule has 0 saturated heterocycles. The Morgan fingerprint density at radius 1 is 1.23 bits per heavy atom. The molecule has 0 bridgehead atoms. The van der Waals surface area contributed by atoms with Crippen LogP contribution < -0.4 is 10.2 Å². The van der Waals surface area contributed by atoms with Crippen LogP contribution in [0.2, 0.25) is 5.02 Å². The molecule has 136 valence electrons. The van der Waals surface area contributed by atoms with Gasteiger partial charge in [0.05, 0.1) is 22.4 Å². The van der Waals surface area contributed by atoms with Gasteiger partial charge in [-0.2, -0.15) is 0 Å². The number of carbonyl (C=O) groups is 1. The highest BCUT2D eigenvalue weighted by Gasteiger charge is 2.15. The Kier molecular flexibility index (Phi) is 5.44. The molecule has 3 aromatic rings. The van der Waals surface area contributed by atoms with Crippen LogP contribution in [-0.2, 0) is 9.53 Å². The summed E-state index contributed by atoms with van der Waals surface area (Å²) >= 11 is 6.11. The van der Waals surface area contributed by atoms with Crippen LogP contribution in [0.5, 0.6) is 5.75 Å². The molecule has 0 aliphatic carbocycles. The summed E-state index contributed by atoms with van der Waals surface area (Å²) in [5.74, 6) is -0.511. The average Bonchev–Trinajstić information content (AvgIpc) is 2.62. The molecular formula is C19H17ClO6. The topological polar surface area (TPSA) is 86.0 Å². The van der Waals surface area contributed by atoms with E-state index in [9.17, 15) is 9.59 Å². The number of carboxylic acid groups (broad SMARTS) is 1. The molecule has 0 aliphatic heterocycles. The molecule has 0 fully saturated rings. The zero-order valence-corrected chi connectivity index (χ0v) is 14.8. The predicted octanol–water partition coefficient (Wildman–Crippen LogP) is 3.86. The van der Waals surface area contributed by atoms with E-state index in [1.165, 1.54) is 0 Å². The molecule has 0 saturated carbocycles. The first-order valence-electron chi connectivity index (χ1n) is 8.13. The van der Waals surface area contributed by atoms with Gasteiger partial charge in [-0.05, 0) is 30.7 Å². The zero-order chi connectivity index (χ0) is 18.7. The molecule has 0 radical (unpaired) electrons. The van der Waals surface area contributed by atoms with Gasteiger partial charge >= 0.3 is 5.97 Å². The van der Waals surface area contributed by atoms with Crippen molar-refractivity contribution in [1.29, 1.82) is 0 Å². The Morgan fingerprint density at radius 3 is 2.77 bits per heavy atom. The van der Waals surface area contributed by atoms with Crippen LogP contribution in [0.1, 0.15) is 13.3 Å². The van der Waals surface area contributed by atoms with Gasteiger partial charge in [0.25, 0.3) is 0 Å². The molecule has 3 rings (SSSR count). The lowest BCUT2D eigenvalue weighted by atomic mass is 10.1. The van der Waals surface area contributed by atoms with Crippen LogP contribution in [0.3, 0.4) is 0 Å². The lowest BCUT2D eigenvalue weighted by molar-refractivity contribution is -0.150. The third-order valence-corrected chi connectivity index (χ3v) is 4.24. The molecule has 6 nitrogen and oxygen atoms in total. The monoisotopic (exact) mass is 376 g/mol. The fourth-order valence-corrected chi connectivity index (χ4v) is 2.84. The minimum atomic E-state index is -0.997. The van der Waals surface area contributed by atoms with E-state index in [0.717, 1.165) is 0 Å². The first kappa shape index (κ1) is 18.2. The van der Waals surface area contributed by atoms with Crippen molar-refractivity contribution in [2.45, 2.75) is 19.4 Å². The number of fused-ring (bicyclic) bond motifs is 2. The van der Waals surface area contributed by atoms with Crippen LogP contribution in [0, 0.1) is 0 Å². The summed E-state index contributed by atoms with van der Waals surface area (Å²) < 4.78 is 16.6. The third kappa shape index (κ3) is 3.66. The SMILES string of the molecule is CCC(OCCOc1ccc2c(=O)c3cccc(Cl)c3oc2c1)C(=O)O. The van der Waals surface area contributed by atoms with Crippen molar-refractivity contribution >= 4 is 39.5 Å². The maximum Gasteiger partial charge on any atom is 0.332 e. The summed E-state index contributed by atoms with van der Waals surface area (Å²) in [6.45, 7) is 2.05. The number of benzene rings is 2. The van der Waals surface area contributed by atoms with Crippen LogP contribution in [-0.4, -0.2) is 30.4 Å². The lowest BCUT2D eigenvalue weighted by Gasteiger charge is -2.12. The lowest BCUT2D eigenvalue weighted by Crippen LogP contribution is -2.25. The fraction of sp³-hybridized carbons (Fsp3) is 0.263. The standard InChI is InChI=1S/C19H17ClO6/c1-2-15(19(22)23)25-9-8-24-11-6-7-12-16(10-11)26-18-13(17(12)21)4-3-5-14(18)20/h3-7,10,15H,2,8-9H2,1H3,(H,22,23). The summed E-state index contributed by atoms with van der Waals surface area (Å²) in [4.78, 5) is 23.4. The van der Waals surface area contributed by atoms with Crippen LogP contribution in [0.15, 0.2) is 45.6 Å². The molecule has 0 aliphatic rings. The minimum Gasteiger partial charge on any atom is -0.491 e. The second-order valence-electron chi connectivity index (χ2n) is 5.66. The van der Waals surface area contributed by atoms with E-state index >= 15 is 0 Å². The molecule has 1 atom stereocenters. The van der Waals surface area contributed by atoms with Gasteiger partial charge in [0.15, 0.2) is 11.7 Å². The molecule has 0 spiro atoms. The van der Waals surface area contributed by atoms with Crippen molar-refractivity contribution < 1.29 is 23.8 Å². The smallest absolute Gasteiger partial charge is 0.332 e. The van der Waals surface area contributed by atoms with Crippen LogP contribution >= 0.6 is 11.6 Å². The van der Waals surface area contributed by atoms with E-state index in [-0.39, 0.29) is 18.6 Å². The number of aliphatic carboxylic acids is 1. The fourth-order valence-electron chi connectivity index (χ4n) is 2.62. The second kappa shape index (κ2) is 7.76. The van der Waals surface area contributed by atoms with Gasteiger partial charge < -0.3 is 19.0 Å². The van der Waals surface area contributed by atoms with Gasteiger partial charge in [0.1, 0.15) is 17.9 Å². The largest absolute Gasteiger partial charge is 0.491 e. The highest BCUT2D eigenvalue weighted by Crippen LogP contribution is 2.27. The predicted molar refractivity (Wildman–Crippen MR) is 98.2 cm³/mol. The highest BCUT2D eigenvalue weighted by atomic mass is 35.5. The normalized spacial score (nSPS) is 12.4. The highest BCUT2D eigenvalue weighted by molar-refractivity contribution is 6.34. The average molecular weight is 377 g/mol. The summed E-state index contributed by atoms with van der Waals surface area (Å²) in [6, 6.07) is 9.91. The molecule has 1 heterocycles. The quantitative estimate of drug-likeness (QED) is 0.497. The van der Waals surface area contributed by atoms with E-state index in [1.54, 1.807) is 43.3 Å². The van der Waals surface area contributed by atoms with Crippen molar-refractivity contribution in [3.63, 3.8) is 0 Å². The Labute approximate surface area is 153 Å². The van der Waals surface area contributed by atoms with E-state index in [0.29, 0.717) is 39.1 Å². The van der Waals surface area contributed by atoms with Gasteiger partial charge in [0.2, 0.25) is 5.43 Å². The van der Waals surface area contributed by atoms with Crippen molar-refractivity contribution in [3.05, 3.63) is 51.6 Å². The molecule has 7 heteroatoms. The van der Waals surface area contributed by atoms with Gasteiger partial charge in [-0.3, -0.25) is 4.79 Å². The molecule has 26 heavy (non-hydrogen) atoms. The molecular weight excluding hydrogens is 360 g/mol. The number of ether oxygens (including phenoxy) is 2. The Balaban J connectivity index is 1.79. The van der Waals surface area contributed by atoms with Gasteiger partial charge in [-0.25, -0.2) is 4.79 Å². The molecule has 1 N–H and O–H groups in total. The number of rotatable bonds is 7. The van der Waals surface area contributed by atoms with Crippen LogP contribution in [0.25, 0.3) is 21.9 Å². The van der Waals surface area contributed by atoms with Gasteiger partial charge in [0, 0.05) is 6.07 Å².